The molecule has 0 atom stereocenters. The molecule has 1 aromatic carbocycles. The Bertz CT molecular complexity index is 678. The smallest absolute Gasteiger partial charge is 0.0690 e. The lowest BCUT2D eigenvalue weighted by Gasteiger charge is -1.98. The summed E-state index contributed by atoms with van der Waals surface area (Å²) in [4.78, 5) is 0. The van der Waals surface area contributed by atoms with Crippen LogP contribution in [0.1, 0.15) is 5.56 Å². The van der Waals surface area contributed by atoms with E-state index in [4.69, 9.17) is 5.73 Å². The van der Waals surface area contributed by atoms with E-state index in [0.29, 0.717) is 0 Å². The van der Waals surface area contributed by atoms with Crippen LogP contribution in [-0.4, -0.2) is 19.6 Å². The number of aromatic nitrogens is 4. The Morgan fingerprint density at radius 2 is 1.79 bits per heavy atom. The largest absolute Gasteiger partial charge is 0.399 e. The average Bonchev–Trinajstić information content (AvgIpc) is 3.00. The van der Waals surface area contributed by atoms with Crippen LogP contribution in [0.5, 0.6) is 0 Å². The van der Waals surface area contributed by atoms with E-state index in [1.165, 1.54) is 0 Å². The number of nitrogens with zero attached hydrogens (tertiary/aromatic N) is 4. The van der Waals surface area contributed by atoms with Gasteiger partial charge in [-0.25, -0.2) is 0 Å². The second-order valence-electron chi connectivity index (χ2n) is 4.57. The number of aryl methyl sites for hydroxylation is 1. The topological polar surface area (TPSA) is 61.7 Å². The third-order valence-corrected chi connectivity index (χ3v) is 2.98. The number of hydrogen-bond acceptors (Lipinski definition) is 3. The summed E-state index contributed by atoms with van der Waals surface area (Å²) >= 11 is 0. The van der Waals surface area contributed by atoms with Gasteiger partial charge in [-0.3, -0.25) is 9.36 Å². The summed E-state index contributed by atoms with van der Waals surface area (Å²) in [6.07, 6.45) is 7.73. The normalized spacial score (nSPS) is 10.8. The van der Waals surface area contributed by atoms with Gasteiger partial charge in [0.2, 0.25) is 0 Å². The van der Waals surface area contributed by atoms with E-state index in [2.05, 4.69) is 10.2 Å². The fraction of sp³-hybridized carbons (Fsp3) is 0.143. The van der Waals surface area contributed by atoms with E-state index in [0.717, 1.165) is 28.9 Å². The second-order valence-corrected chi connectivity index (χ2v) is 4.57. The Kier molecular flexibility index (Phi) is 2.79. The Morgan fingerprint density at radius 3 is 2.47 bits per heavy atom. The van der Waals surface area contributed by atoms with Crippen LogP contribution in [0.2, 0.25) is 0 Å². The van der Waals surface area contributed by atoms with Gasteiger partial charge in [0.15, 0.2) is 0 Å². The van der Waals surface area contributed by atoms with Crippen molar-refractivity contribution in [3.05, 3.63) is 54.6 Å². The molecular formula is C14H15N5. The molecule has 0 radical (unpaired) electrons. The van der Waals surface area contributed by atoms with Crippen molar-refractivity contribution in [1.29, 1.82) is 0 Å². The monoisotopic (exact) mass is 253 g/mol. The first-order valence-corrected chi connectivity index (χ1v) is 6.06. The molecule has 0 saturated carbocycles. The Morgan fingerprint density at radius 1 is 1.00 bits per heavy atom. The van der Waals surface area contributed by atoms with Gasteiger partial charge in [0.05, 0.1) is 18.9 Å². The summed E-state index contributed by atoms with van der Waals surface area (Å²) in [5.41, 5.74) is 9.79. The van der Waals surface area contributed by atoms with Gasteiger partial charge in [0.1, 0.15) is 0 Å². The maximum Gasteiger partial charge on any atom is 0.0690 e. The quantitative estimate of drug-likeness (QED) is 0.725. The van der Waals surface area contributed by atoms with Crippen molar-refractivity contribution >= 4 is 5.69 Å². The molecule has 0 saturated heterocycles. The lowest BCUT2D eigenvalue weighted by Crippen LogP contribution is -1.98. The van der Waals surface area contributed by atoms with Crippen molar-refractivity contribution in [1.82, 2.24) is 19.6 Å². The molecule has 19 heavy (non-hydrogen) atoms. The molecule has 0 spiro atoms. The molecule has 0 amide bonds. The highest BCUT2D eigenvalue weighted by atomic mass is 15.3. The third kappa shape index (κ3) is 2.49. The number of nitrogen functional groups attached to an aromatic ring is 1. The third-order valence-electron chi connectivity index (χ3n) is 2.98. The summed E-state index contributed by atoms with van der Waals surface area (Å²) in [5.74, 6) is 0. The Hall–Kier alpha value is -2.56. The minimum Gasteiger partial charge on any atom is -0.399 e. The fourth-order valence-corrected chi connectivity index (χ4v) is 2.02. The molecule has 5 heteroatoms. The molecule has 0 bridgehead atoms. The van der Waals surface area contributed by atoms with Gasteiger partial charge in [0, 0.05) is 36.3 Å². The number of rotatable bonds is 3. The van der Waals surface area contributed by atoms with Gasteiger partial charge in [-0.2, -0.15) is 10.2 Å². The SMILES string of the molecule is Cn1cc(Cn2cc(-c3ccc(N)cc3)cn2)cn1. The van der Waals surface area contributed by atoms with Gasteiger partial charge in [-0.05, 0) is 17.7 Å². The first-order valence-electron chi connectivity index (χ1n) is 6.06. The summed E-state index contributed by atoms with van der Waals surface area (Å²) in [6, 6.07) is 7.79. The molecule has 0 aliphatic rings. The molecule has 0 aliphatic heterocycles. The van der Waals surface area contributed by atoms with Crippen LogP contribution in [0.3, 0.4) is 0 Å². The van der Waals surface area contributed by atoms with E-state index in [1.807, 2.05) is 60.8 Å². The Balaban J connectivity index is 1.81. The number of nitrogens with two attached hydrogens (primary N) is 1. The number of hydrogen-bond donors (Lipinski definition) is 1. The van der Waals surface area contributed by atoms with E-state index in [9.17, 15) is 0 Å². The molecule has 0 unspecified atom stereocenters. The molecule has 5 nitrogen and oxygen atoms in total. The van der Waals surface area contributed by atoms with Crippen molar-refractivity contribution in [3.63, 3.8) is 0 Å². The van der Waals surface area contributed by atoms with Crippen LogP contribution in [0, 0.1) is 0 Å². The zero-order valence-electron chi connectivity index (χ0n) is 10.7. The first kappa shape index (κ1) is 11.5. The van der Waals surface area contributed by atoms with Gasteiger partial charge in [-0.15, -0.1) is 0 Å². The van der Waals surface area contributed by atoms with Crippen LogP contribution in [0.15, 0.2) is 49.1 Å². The van der Waals surface area contributed by atoms with Crippen molar-refractivity contribution < 1.29 is 0 Å². The van der Waals surface area contributed by atoms with E-state index in [-0.39, 0.29) is 0 Å². The molecule has 2 N–H and O–H groups in total. The molecule has 3 aromatic rings. The highest BCUT2D eigenvalue weighted by molar-refractivity contribution is 5.63. The van der Waals surface area contributed by atoms with Crippen molar-refractivity contribution in [3.8, 4) is 11.1 Å². The predicted octanol–water partition coefficient (Wildman–Crippen LogP) is 1.91. The lowest BCUT2D eigenvalue weighted by atomic mass is 10.1. The summed E-state index contributed by atoms with van der Waals surface area (Å²) in [6.45, 7) is 0.725. The molecule has 0 fully saturated rings. The van der Waals surface area contributed by atoms with Crippen molar-refractivity contribution in [2.75, 3.05) is 5.73 Å². The summed E-state index contributed by atoms with van der Waals surface area (Å²) < 4.78 is 3.70. The van der Waals surface area contributed by atoms with E-state index >= 15 is 0 Å². The molecule has 2 aromatic heterocycles. The van der Waals surface area contributed by atoms with Crippen LogP contribution < -0.4 is 5.73 Å². The zero-order valence-corrected chi connectivity index (χ0v) is 10.7. The van der Waals surface area contributed by atoms with E-state index < -0.39 is 0 Å². The average molecular weight is 253 g/mol. The van der Waals surface area contributed by atoms with Gasteiger partial charge in [-0.1, -0.05) is 12.1 Å². The summed E-state index contributed by atoms with van der Waals surface area (Å²) in [7, 11) is 1.91. The number of benzene rings is 1. The maximum atomic E-state index is 5.68. The number of anilines is 1. The van der Waals surface area contributed by atoms with Gasteiger partial charge in [0.25, 0.3) is 0 Å². The first-order chi connectivity index (χ1) is 9.20. The maximum absolute atomic E-state index is 5.68. The van der Waals surface area contributed by atoms with Crippen molar-refractivity contribution in [2.24, 2.45) is 7.05 Å². The minimum atomic E-state index is 0.725. The highest BCUT2D eigenvalue weighted by Gasteiger charge is 2.03. The molecule has 3 rings (SSSR count). The summed E-state index contributed by atoms with van der Waals surface area (Å²) in [5, 5.41) is 8.52. The van der Waals surface area contributed by atoms with Crippen LogP contribution in [-0.2, 0) is 13.6 Å². The van der Waals surface area contributed by atoms with E-state index in [1.54, 1.807) is 4.68 Å². The zero-order chi connectivity index (χ0) is 13.2. The van der Waals surface area contributed by atoms with Crippen LogP contribution in [0.25, 0.3) is 11.1 Å². The predicted molar refractivity (Wildman–Crippen MR) is 74.4 cm³/mol. The Labute approximate surface area is 111 Å². The van der Waals surface area contributed by atoms with Crippen LogP contribution >= 0.6 is 0 Å². The fourth-order valence-electron chi connectivity index (χ4n) is 2.02. The van der Waals surface area contributed by atoms with Gasteiger partial charge < -0.3 is 5.73 Å². The molecule has 0 aliphatic carbocycles. The lowest BCUT2D eigenvalue weighted by molar-refractivity contribution is 0.685. The molecule has 2 heterocycles. The van der Waals surface area contributed by atoms with Gasteiger partial charge >= 0.3 is 0 Å². The minimum absolute atomic E-state index is 0.725. The van der Waals surface area contributed by atoms with Crippen LogP contribution in [0.4, 0.5) is 5.69 Å². The standard InChI is InChI=1S/C14H15N5/c1-18-8-11(6-16-18)9-19-10-13(7-17-19)12-2-4-14(15)5-3-12/h2-8,10H,9,15H2,1H3. The molecule has 96 valence electrons. The highest BCUT2D eigenvalue weighted by Crippen LogP contribution is 2.19. The second kappa shape index (κ2) is 4.61. The van der Waals surface area contributed by atoms with Crippen molar-refractivity contribution in [2.45, 2.75) is 6.54 Å². The molecular weight excluding hydrogens is 238 g/mol.